The molecule has 0 aliphatic carbocycles. The highest BCUT2D eigenvalue weighted by atomic mass is 16.2. The molecular weight excluding hydrogens is 394 g/mol. The van der Waals surface area contributed by atoms with Crippen molar-refractivity contribution in [1.82, 2.24) is 25.2 Å². The highest BCUT2D eigenvalue weighted by Gasteiger charge is 2.18. The van der Waals surface area contributed by atoms with Gasteiger partial charge in [-0.3, -0.25) is 14.6 Å². The van der Waals surface area contributed by atoms with Gasteiger partial charge in [0.25, 0.3) is 11.8 Å². The van der Waals surface area contributed by atoms with Crippen LogP contribution in [0.15, 0.2) is 47.9 Å². The predicted molar refractivity (Wildman–Crippen MR) is 119 cm³/mol. The first-order valence-electron chi connectivity index (χ1n) is 9.99. The number of anilines is 2. The van der Waals surface area contributed by atoms with Crippen molar-refractivity contribution < 1.29 is 9.59 Å². The first kappa shape index (κ1) is 20.3. The molecule has 31 heavy (non-hydrogen) atoms. The van der Waals surface area contributed by atoms with Crippen molar-refractivity contribution in [3.05, 3.63) is 65.1 Å². The van der Waals surface area contributed by atoms with Gasteiger partial charge in [0, 0.05) is 24.0 Å². The first-order chi connectivity index (χ1) is 15.0. The Morgan fingerprint density at radius 2 is 2.03 bits per heavy atom. The van der Waals surface area contributed by atoms with E-state index in [1.54, 1.807) is 28.9 Å². The van der Waals surface area contributed by atoms with Gasteiger partial charge in [0.1, 0.15) is 17.7 Å². The van der Waals surface area contributed by atoms with Crippen molar-refractivity contribution in [2.75, 3.05) is 18.4 Å². The number of rotatable bonds is 5. The van der Waals surface area contributed by atoms with E-state index in [1.165, 1.54) is 6.33 Å². The zero-order valence-corrected chi connectivity index (χ0v) is 17.6. The molecule has 1 aromatic carbocycles. The van der Waals surface area contributed by atoms with Gasteiger partial charge in [-0.15, -0.1) is 0 Å². The summed E-state index contributed by atoms with van der Waals surface area (Å²) < 4.78 is 1.63. The molecule has 0 radical (unpaired) electrons. The SMILES string of the molecule is CCNC(=O)c1cn2ncnc(Nc3cc(C(=O)NC4=NCC=C4)ccc3C)c2c1C. The third-order valence-corrected chi connectivity index (χ3v) is 5.05. The molecule has 0 unspecified atom stereocenters. The van der Waals surface area contributed by atoms with E-state index in [0.29, 0.717) is 41.4 Å². The topological polar surface area (TPSA) is 113 Å². The number of aliphatic imine (C=N–C) groups is 1. The Bertz CT molecular complexity index is 1240. The van der Waals surface area contributed by atoms with Gasteiger partial charge in [0.05, 0.1) is 12.1 Å². The average molecular weight is 417 g/mol. The van der Waals surface area contributed by atoms with E-state index < -0.39 is 0 Å². The number of benzene rings is 1. The minimum atomic E-state index is -0.237. The van der Waals surface area contributed by atoms with E-state index in [2.05, 4.69) is 31.0 Å². The molecule has 0 saturated heterocycles. The second-order valence-electron chi connectivity index (χ2n) is 7.17. The number of carbonyl (C=O) groups excluding carboxylic acids is 2. The summed E-state index contributed by atoms with van der Waals surface area (Å²) in [5.74, 6) is 0.708. The molecule has 0 atom stereocenters. The van der Waals surface area contributed by atoms with Crippen LogP contribution in [0.5, 0.6) is 0 Å². The van der Waals surface area contributed by atoms with E-state index >= 15 is 0 Å². The number of aromatic nitrogens is 3. The van der Waals surface area contributed by atoms with Crippen LogP contribution in [0.25, 0.3) is 5.52 Å². The second-order valence-corrected chi connectivity index (χ2v) is 7.17. The third kappa shape index (κ3) is 4.02. The summed E-state index contributed by atoms with van der Waals surface area (Å²) in [6, 6.07) is 5.40. The molecule has 0 saturated carbocycles. The summed E-state index contributed by atoms with van der Waals surface area (Å²) in [7, 11) is 0. The monoisotopic (exact) mass is 417 g/mol. The first-order valence-corrected chi connectivity index (χ1v) is 9.99. The summed E-state index contributed by atoms with van der Waals surface area (Å²) in [5.41, 5.74) is 4.18. The van der Waals surface area contributed by atoms with Crippen molar-refractivity contribution in [1.29, 1.82) is 0 Å². The number of nitrogens with zero attached hydrogens (tertiary/aromatic N) is 4. The number of amidine groups is 1. The molecule has 0 spiro atoms. The van der Waals surface area contributed by atoms with Crippen LogP contribution >= 0.6 is 0 Å². The van der Waals surface area contributed by atoms with Crippen LogP contribution < -0.4 is 16.0 Å². The molecule has 158 valence electrons. The van der Waals surface area contributed by atoms with Gasteiger partial charge in [-0.2, -0.15) is 5.10 Å². The molecule has 3 heterocycles. The van der Waals surface area contributed by atoms with Gasteiger partial charge in [0.2, 0.25) is 0 Å². The quantitative estimate of drug-likeness (QED) is 0.591. The van der Waals surface area contributed by atoms with Crippen LogP contribution in [-0.2, 0) is 0 Å². The van der Waals surface area contributed by atoms with E-state index in [1.807, 2.05) is 32.9 Å². The van der Waals surface area contributed by atoms with Crippen LogP contribution in [0.3, 0.4) is 0 Å². The van der Waals surface area contributed by atoms with Crippen molar-refractivity contribution in [2.45, 2.75) is 20.8 Å². The fourth-order valence-electron chi connectivity index (χ4n) is 3.40. The number of hydrogen-bond acceptors (Lipinski definition) is 6. The molecule has 0 fully saturated rings. The van der Waals surface area contributed by atoms with Crippen LogP contribution in [0.2, 0.25) is 0 Å². The second kappa shape index (κ2) is 8.39. The maximum atomic E-state index is 12.6. The highest BCUT2D eigenvalue weighted by molar-refractivity contribution is 6.11. The Morgan fingerprint density at radius 1 is 1.19 bits per heavy atom. The van der Waals surface area contributed by atoms with Crippen LogP contribution in [-0.4, -0.2) is 45.3 Å². The van der Waals surface area contributed by atoms with Crippen molar-refractivity contribution in [2.24, 2.45) is 4.99 Å². The molecule has 9 nitrogen and oxygen atoms in total. The van der Waals surface area contributed by atoms with Crippen LogP contribution in [0.4, 0.5) is 11.5 Å². The molecule has 9 heteroatoms. The predicted octanol–water partition coefficient (Wildman–Crippen LogP) is 2.54. The Balaban J connectivity index is 1.66. The molecule has 1 aliphatic heterocycles. The number of carbonyl (C=O) groups is 2. The Kier molecular flexibility index (Phi) is 5.48. The fraction of sp³-hybridized carbons (Fsp3) is 0.227. The highest BCUT2D eigenvalue weighted by Crippen LogP contribution is 2.27. The summed E-state index contributed by atoms with van der Waals surface area (Å²) >= 11 is 0. The third-order valence-electron chi connectivity index (χ3n) is 5.05. The Hall–Kier alpha value is -4.01. The van der Waals surface area contributed by atoms with Crippen LogP contribution in [0.1, 0.15) is 38.8 Å². The number of amides is 2. The summed E-state index contributed by atoms with van der Waals surface area (Å²) in [6.45, 7) is 6.79. The van der Waals surface area contributed by atoms with E-state index in [4.69, 9.17) is 0 Å². The van der Waals surface area contributed by atoms with E-state index in [0.717, 1.165) is 16.8 Å². The zero-order chi connectivity index (χ0) is 22.0. The van der Waals surface area contributed by atoms with Gasteiger partial charge >= 0.3 is 0 Å². The van der Waals surface area contributed by atoms with Gasteiger partial charge in [-0.25, -0.2) is 9.50 Å². The lowest BCUT2D eigenvalue weighted by atomic mass is 10.1. The summed E-state index contributed by atoms with van der Waals surface area (Å²) in [6.07, 6.45) is 6.78. The zero-order valence-electron chi connectivity index (χ0n) is 17.6. The maximum absolute atomic E-state index is 12.6. The van der Waals surface area contributed by atoms with Crippen molar-refractivity contribution in [3.63, 3.8) is 0 Å². The lowest BCUT2D eigenvalue weighted by molar-refractivity contribution is 0.0952. The smallest absolute Gasteiger partial charge is 0.256 e. The van der Waals surface area contributed by atoms with Crippen molar-refractivity contribution in [3.8, 4) is 0 Å². The summed E-state index contributed by atoms with van der Waals surface area (Å²) in [4.78, 5) is 33.5. The molecule has 3 N–H and O–H groups in total. The van der Waals surface area contributed by atoms with Crippen LogP contribution in [0, 0.1) is 13.8 Å². The number of hydrogen-bond donors (Lipinski definition) is 3. The Morgan fingerprint density at radius 3 is 2.77 bits per heavy atom. The molecular formula is C22H23N7O2. The van der Waals surface area contributed by atoms with Gasteiger partial charge in [-0.05, 0) is 50.1 Å². The van der Waals surface area contributed by atoms with Gasteiger partial charge < -0.3 is 16.0 Å². The molecule has 1 aliphatic rings. The van der Waals surface area contributed by atoms with Gasteiger partial charge in [-0.1, -0.05) is 12.1 Å². The van der Waals surface area contributed by atoms with E-state index in [9.17, 15) is 9.59 Å². The lowest BCUT2D eigenvalue weighted by Gasteiger charge is -2.12. The molecule has 2 amide bonds. The fourth-order valence-corrected chi connectivity index (χ4v) is 3.40. The van der Waals surface area contributed by atoms with E-state index in [-0.39, 0.29) is 11.8 Å². The largest absolute Gasteiger partial charge is 0.352 e. The number of nitrogens with one attached hydrogen (secondary N) is 3. The average Bonchev–Trinajstić information content (AvgIpc) is 3.38. The number of aryl methyl sites for hydroxylation is 2. The molecule has 0 bridgehead atoms. The Labute approximate surface area is 179 Å². The van der Waals surface area contributed by atoms with Gasteiger partial charge in [0.15, 0.2) is 5.82 Å². The normalized spacial score (nSPS) is 12.7. The molecule has 4 rings (SSSR count). The maximum Gasteiger partial charge on any atom is 0.256 e. The molecule has 3 aromatic rings. The lowest BCUT2D eigenvalue weighted by Crippen LogP contribution is -2.28. The summed E-state index contributed by atoms with van der Waals surface area (Å²) in [5, 5.41) is 13.1. The minimum Gasteiger partial charge on any atom is -0.352 e. The standard InChI is InChI=1S/C22H23N7O2/c1-4-23-22(31)16-11-29-19(14(16)3)20(25-12-26-29)27-17-10-15(8-7-13(17)2)21(30)28-18-6-5-9-24-18/h5-8,10-12H,4,9H2,1-3H3,(H,23,31)(H,24,28,30)(H,25,26,27). The molecule has 2 aromatic heterocycles. The van der Waals surface area contributed by atoms with Crippen molar-refractivity contribution >= 4 is 34.7 Å². The minimum absolute atomic E-state index is 0.157. The number of fused-ring (bicyclic) bond motifs is 1.